The maximum atomic E-state index is 5.72. The fraction of sp³-hybridized carbons (Fsp3) is 0.722. The molecule has 1 fully saturated rings. The van der Waals surface area contributed by atoms with Crippen LogP contribution in [0.1, 0.15) is 31.6 Å². The molecule has 6 heteroatoms. The van der Waals surface area contributed by atoms with E-state index < -0.39 is 0 Å². The molecule has 2 rings (SSSR count). The number of guanidine groups is 1. The lowest BCUT2D eigenvalue weighted by molar-refractivity contribution is 0.0888. The highest BCUT2D eigenvalue weighted by molar-refractivity contribution is 7.10. The summed E-state index contributed by atoms with van der Waals surface area (Å²) >= 11 is 1.80. The third-order valence-corrected chi connectivity index (χ3v) is 5.48. The summed E-state index contributed by atoms with van der Waals surface area (Å²) in [6.07, 6.45) is 2.11. The van der Waals surface area contributed by atoms with Crippen molar-refractivity contribution >= 4 is 17.3 Å². The standard InChI is InChI=1S/C18H31N3O2S/c1-18(2,16-6-4-11-24-16)14-21-17(19-3)20-8-5-9-22-12-15-7-10-23-13-15/h4,6,11,15H,5,7-10,12-14H2,1-3H3,(H2,19,20,21). The molecule has 0 amide bonds. The summed E-state index contributed by atoms with van der Waals surface area (Å²) < 4.78 is 11.1. The van der Waals surface area contributed by atoms with Crippen LogP contribution in [-0.2, 0) is 14.9 Å². The van der Waals surface area contributed by atoms with Gasteiger partial charge < -0.3 is 20.1 Å². The molecule has 1 aliphatic rings. The van der Waals surface area contributed by atoms with E-state index in [-0.39, 0.29) is 5.41 Å². The average Bonchev–Trinajstić information content (AvgIpc) is 3.27. The molecule has 5 nitrogen and oxygen atoms in total. The van der Waals surface area contributed by atoms with Crippen molar-refractivity contribution in [2.24, 2.45) is 10.9 Å². The molecule has 1 saturated heterocycles. The van der Waals surface area contributed by atoms with Gasteiger partial charge in [-0.2, -0.15) is 0 Å². The zero-order valence-electron chi connectivity index (χ0n) is 15.1. The first-order chi connectivity index (χ1) is 11.6. The number of hydrogen-bond acceptors (Lipinski definition) is 4. The molecule has 0 bridgehead atoms. The van der Waals surface area contributed by atoms with Gasteiger partial charge in [0.05, 0.1) is 13.2 Å². The van der Waals surface area contributed by atoms with Crippen LogP contribution in [0.2, 0.25) is 0 Å². The van der Waals surface area contributed by atoms with Crippen LogP contribution in [0.5, 0.6) is 0 Å². The van der Waals surface area contributed by atoms with E-state index in [9.17, 15) is 0 Å². The van der Waals surface area contributed by atoms with Crippen LogP contribution in [0, 0.1) is 5.92 Å². The second-order valence-corrected chi connectivity index (χ2v) is 7.82. The second kappa shape index (κ2) is 10.0. The van der Waals surface area contributed by atoms with Gasteiger partial charge in [0.1, 0.15) is 0 Å². The zero-order chi connectivity index (χ0) is 17.3. The Balaban J connectivity index is 1.57. The van der Waals surface area contributed by atoms with Gasteiger partial charge in [-0.3, -0.25) is 4.99 Å². The SMILES string of the molecule is CN=C(NCCCOCC1CCOC1)NCC(C)(C)c1cccs1. The van der Waals surface area contributed by atoms with E-state index in [1.54, 1.807) is 11.3 Å². The molecule has 1 unspecified atom stereocenters. The molecule has 1 atom stereocenters. The number of thiophene rings is 1. The lowest BCUT2D eigenvalue weighted by Gasteiger charge is -2.25. The maximum absolute atomic E-state index is 5.72. The van der Waals surface area contributed by atoms with Gasteiger partial charge in [-0.1, -0.05) is 19.9 Å². The van der Waals surface area contributed by atoms with Crippen LogP contribution < -0.4 is 10.6 Å². The number of aliphatic imine (C=N–C) groups is 1. The van der Waals surface area contributed by atoms with E-state index in [0.717, 1.165) is 58.3 Å². The summed E-state index contributed by atoms with van der Waals surface area (Å²) in [6, 6.07) is 4.29. The van der Waals surface area contributed by atoms with Gasteiger partial charge in [-0.25, -0.2) is 0 Å². The van der Waals surface area contributed by atoms with Gasteiger partial charge in [-0.05, 0) is 24.3 Å². The summed E-state index contributed by atoms with van der Waals surface area (Å²) in [5.41, 5.74) is 0.0955. The minimum absolute atomic E-state index is 0.0955. The Labute approximate surface area is 149 Å². The molecule has 1 aromatic rings. The van der Waals surface area contributed by atoms with Crippen molar-refractivity contribution in [3.8, 4) is 0 Å². The molecule has 24 heavy (non-hydrogen) atoms. The smallest absolute Gasteiger partial charge is 0.191 e. The van der Waals surface area contributed by atoms with Crippen molar-refractivity contribution in [2.75, 3.05) is 46.6 Å². The Morgan fingerprint density at radius 3 is 3.00 bits per heavy atom. The van der Waals surface area contributed by atoms with E-state index in [4.69, 9.17) is 9.47 Å². The molecule has 0 aliphatic carbocycles. The lowest BCUT2D eigenvalue weighted by Crippen LogP contribution is -2.43. The average molecular weight is 354 g/mol. The fourth-order valence-corrected chi connectivity index (χ4v) is 3.47. The van der Waals surface area contributed by atoms with Crippen LogP contribution in [0.25, 0.3) is 0 Å². The monoisotopic (exact) mass is 353 g/mol. The predicted molar refractivity (Wildman–Crippen MR) is 101 cm³/mol. The van der Waals surface area contributed by atoms with Crippen LogP contribution in [0.4, 0.5) is 0 Å². The molecule has 2 heterocycles. The minimum atomic E-state index is 0.0955. The highest BCUT2D eigenvalue weighted by atomic mass is 32.1. The first kappa shape index (κ1) is 19.2. The summed E-state index contributed by atoms with van der Waals surface area (Å²) in [6.45, 7) is 9.56. The topological polar surface area (TPSA) is 54.9 Å². The van der Waals surface area contributed by atoms with E-state index in [0.29, 0.717) is 5.92 Å². The van der Waals surface area contributed by atoms with Crippen LogP contribution in [-0.4, -0.2) is 52.5 Å². The van der Waals surface area contributed by atoms with E-state index >= 15 is 0 Å². The molecule has 1 aliphatic heterocycles. The quantitative estimate of drug-likeness (QED) is 0.407. The third kappa shape index (κ3) is 6.42. The van der Waals surface area contributed by atoms with Gasteiger partial charge in [-0.15, -0.1) is 11.3 Å². The van der Waals surface area contributed by atoms with Gasteiger partial charge in [0.25, 0.3) is 0 Å². The van der Waals surface area contributed by atoms with Crippen molar-refractivity contribution < 1.29 is 9.47 Å². The lowest BCUT2D eigenvalue weighted by atomic mass is 9.91. The molecule has 1 aromatic heterocycles. The van der Waals surface area contributed by atoms with Crippen molar-refractivity contribution in [3.63, 3.8) is 0 Å². The predicted octanol–water partition coefficient (Wildman–Crippen LogP) is 2.63. The Morgan fingerprint density at radius 1 is 1.46 bits per heavy atom. The van der Waals surface area contributed by atoms with E-state index in [2.05, 4.69) is 47.0 Å². The molecule has 0 radical (unpaired) electrons. The molecular formula is C18H31N3O2S. The van der Waals surface area contributed by atoms with Crippen LogP contribution in [0.15, 0.2) is 22.5 Å². The number of nitrogens with one attached hydrogen (secondary N) is 2. The highest BCUT2D eigenvalue weighted by Gasteiger charge is 2.21. The molecule has 0 aromatic carbocycles. The van der Waals surface area contributed by atoms with Crippen LogP contribution >= 0.6 is 11.3 Å². The minimum Gasteiger partial charge on any atom is -0.381 e. The number of ether oxygens (including phenoxy) is 2. The van der Waals surface area contributed by atoms with Crippen molar-refractivity contribution in [1.29, 1.82) is 0 Å². The van der Waals surface area contributed by atoms with Gasteiger partial charge >= 0.3 is 0 Å². The Bertz CT molecular complexity index is 482. The van der Waals surface area contributed by atoms with Crippen LogP contribution in [0.3, 0.4) is 0 Å². The molecular weight excluding hydrogens is 322 g/mol. The summed E-state index contributed by atoms with van der Waals surface area (Å²) in [4.78, 5) is 5.68. The summed E-state index contributed by atoms with van der Waals surface area (Å²) in [5.74, 6) is 1.44. The Morgan fingerprint density at radius 2 is 2.33 bits per heavy atom. The molecule has 0 spiro atoms. The first-order valence-corrected chi connectivity index (χ1v) is 9.64. The van der Waals surface area contributed by atoms with E-state index in [1.165, 1.54) is 4.88 Å². The molecule has 136 valence electrons. The molecule has 2 N–H and O–H groups in total. The van der Waals surface area contributed by atoms with E-state index in [1.807, 2.05) is 7.05 Å². The third-order valence-electron chi connectivity index (χ3n) is 4.25. The first-order valence-electron chi connectivity index (χ1n) is 8.76. The summed E-state index contributed by atoms with van der Waals surface area (Å²) in [5, 5.41) is 8.90. The zero-order valence-corrected chi connectivity index (χ0v) is 16.0. The number of nitrogens with zero attached hydrogens (tertiary/aromatic N) is 1. The van der Waals surface area contributed by atoms with Gasteiger partial charge in [0.15, 0.2) is 5.96 Å². The normalized spacial score (nSPS) is 18.8. The molecule has 0 saturated carbocycles. The second-order valence-electron chi connectivity index (χ2n) is 6.87. The largest absolute Gasteiger partial charge is 0.381 e. The van der Waals surface area contributed by atoms with Crippen molar-refractivity contribution in [1.82, 2.24) is 10.6 Å². The van der Waals surface area contributed by atoms with Crippen molar-refractivity contribution in [3.05, 3.63) is 22.4 Å². The highest BCUT2D eigenvalue weighted by Crippen LogP contribution is 2.26. The summed E-state index contributed by atoms with van der Waals surface area (Å²) in [7, 11) is 1.81. The Hall–Kier alpha value is -1.11. The Kier molecular flexibility index (Phi) is 8.02. The number of hydrogen-bond donors (Lipinski definition) is 2. The van der Waals surface area contributed by atoms with Gasteiger partial charge in [0.2, 0.25) is 0 Å². The number of rotatable bonds is 9. The van der Waals surface area contributed by atoms with Gasteiger partial charge in [0, 0.05) is 49.6 Å². The fourth-order valence-electron chi connectivity index (χ4n) is 2.62. The maximum Gasteiger partial charge on any atom is 0.191 e. The van der Waals surface area contributed by atoms with Crippen molar-refractivity contribution in [2.45, 2.75) is 32.1 Å².